The predicted molar refractivity (Wildman–Crippen MR) is 44.3 cm³/mol. The van der Waals surface area contributed by atoms with Crippen LogP contribution in [-0.2, 0) is 0 Å². The first-order chi connectivity index (χ1) is 5.63. The van der Waals surface area contributed by atoms with Crippen LogP contribution in [0.4, 0.5) is 8.78 Å². The molecular formula is C8H8ClF2N. The van der Waals surface area contributed by atoms with Gasteiger partial charge in [-0.2, -0.15) is 0 Å². The van der Waals surface area contributed by atoms with Gasteiger partial charge in [0.15, 0.2) is 0 Å². The van der Waals surface area contributed by atoms with E-state index in [0.29, 0.717) is 0 Å². The summed E-state index contributed by atoms with van der Waals surface area (Å²) in [4.78, 5) is 0. The van der Waals surface area contributed by atoms with Gasteiger partial charge < -0.3 is 5.73 Å². The monoisotopic (exact) mass is 191 g/mol. The van der Waals surface area contributed by atoms with E-state index >= 15 is 0 Å². The standard InChI is InChI=1S/C8H8ClF2N/c9-6-1-5(8(11)4-12)2-7(10)3-6/h1-3,8H,4,12H2. The van der Waals surface area contributed by atoms with Gasteiger partial charge >= 0.3 is 0 Å². The highest BCUT2D eigenvalue weighted by atomic mass is 35.5. The highest BCUT2D eigenvalue weighted by Gasteiger charge is 2.09. The number of rotatable bonds is 2. The molecule has 12 heavy (non-hydrogen) atoms. The minimum atomic E-state index is -1.35. The van der Waals surface area contributed by atoms with E-state index in [-0.39, 0.29) is 17.1 Å². The zero-order chi connectivity index (χ0) is 9.14. The van der Waals surface area contributed by atoms with E-state index in [4.69, 9.17) is 17.3 Å². The summed E-state index contributed by atoms with van der Waals surface area (Å²) in [6.07, 6.45) is -1.35. The third kappa shape index (κ3) is 2.16. The van der Waals surface area contributed by atoms with Crippen LogP contribution in [-0.4, -0.2) is 6.54 Å². The molecule has 0 aliphatic rings. The Hall–Kier alpha value is -0.670. The highest BCUT2D eigenvalue weighted by molar-refractivity contribution is 6.30. The van der Waals surface area contributed by atoms with Crippen molar-refractivity contribution in [3.8, 4) is 0 Å². The van der Waals surface area contributed by atoms with Crippen molar-refractivity contribution in [1.29, 1.82) is 0 Å². The number of halogens is 3. The van der Waals surface area contributed by atoms with Gasteiger partial charge in [-0.15, -0.1) is 0 Å². The summed E-state index contributed by atoms with van der Waals surface area (Å²) in [5.74, 6) is -0.548. The first-order valence-electron chi connectivity index (χ1n) is 3.43. The highest BCUT2D eigenvalue weighted by Crippen LogP contribution is 2.21. The molecule has 2 N–H and O–H groups in total. The molecule has 0 spiro atoms. The Morgan fingerprint density at radius 2 is 2.08 bits per heavy atom. The van der Waals surface area contributed by atoms with Gasteiger partial charge in [0.2, 0.25) is 0 Å². The average molecular weight is 192 g/mol. The molecule has 0 aromatic heterocycles. The zero-order valence-electron chi connectivity index (χ0n) is 6.23. The van der Waals surface area contributed by atoms with Gasteiger partial charge in [0.1, 0.15) is 12.0 Å². The summed E-state index contributed by atoms with van der Waals surface area (Å²) in [5.41, 5.74) is 5.25. The Bertz CT molecular complexity index is 258. The van der Waals surface area contributed by atoms with Crippen molar-refractivity contribution in [3.05, 3.63) is 34.6 Å². The van der Waals surface area contributed by atoms with E-state index < -0.39 is 12.0 Å². The minimum Gasteiger partial charge on any atom is -0.327 e. The Labute approximate surface area is 74.1 Å². The number of hydrogen-bond acceptors (Lipinski definition) is 1. The molecule has 0 radical (unpaired) electrons. The third-order valence-electron chi connectivity index (χ3n) is 1.45. The second-order valence-electron chi connectivity index (χ2n) is 2.41. The molecule has 0 bridgehead atoms. The fourth-order valence-corrected chi connectivity index (χ4v) is 1.12. The Morgan fingerprint density at radius 1 is 1.42 bits per heavy atom. The molecule has 1 aromatic carbocycles. The van der Waals surface area contributed by atoms with Crippen LogP contribution in [0.1, 0.15) is 11.7 Å². The Kier molecular flexibility index (Phi) is 3.00. The van der Waals surface area contributed by atoms with Gasteiger partial charge in [0.05, 0.1) is 0 Å². The van der Waals surface area contributed by atoms with Crippen molar-refractivity contribution >= 4 is 11.6 Å². The molecule has 1 atom stereocenters. The summed E-state index contributed by atoms with van der Waals surface area (Å²) in [6, 6.07) is 3.57. The largest absolute Gasteiger partial charge is 0.327 e. The van der Waals surface area contributed by atoms with Gasteiger partial charge in [-0.05, 0) is 23.8 Å². The summed E-state index contributed by atoms with van der Waals surface area (Å²) < 4.78 is 25.5. The molecule has 1 aromatic rings. The summed E-state index contributed by atoms with van der Waals surface area (Å²) in [7, 11) is 0. The molecule has 0 aliphatic heterocycles. The maximum atomic E-state index is 12.9. The summed E-state index contributed by atoms with van der Waals surface area (Å²) in [6.45, 7) is -0.167. The van der Waals surface area contributed by atoms with Crippen LogP contribution in [0.15, 0.2) is 18.2 Å². The van der Waals surface area contributed by atoms with Gasteiger partial charge in [-0.25, -0.2) is 8.78 Å². The van der Waals surface area contributed by atoms with Crippen molar-refractivity contribution in [2.75, 3.05) is 6.54 Å². The molecule has 0 saturated carbocycles. The Balaban J connectivity index is 3.00. The first kappa shape index (κ1) is 9.42. The average Bonchev–Trinajstić information content (AvgIpc) is 2.01. The lowest BCUT2D eigenvalue weighted by Gasteiger charge is -2.05. The molecule has 0 aliphatic carbocycles. The molecule has 1 unspecified atom stereocenters. The van der Waals surface area contributed by atoms with Crippen LogP contribution in [0.2, 0.25) is 5.02 Å². The van der Waals surface area contributed by atoms with Crippen LogP contribution in [0.5, 0.6) is 0 Å². The van der Waals surface area contributed by atoms with Crippen molar-refractivity contribution < 1.29 is 8.78 Å². The number of hydrogen-bond donors (Lipinski definition) is 1. The van der Waals surface area contributed by atoms with Crippen LogP contribution >= 0.6 is 11.6 Å². The van der Waals surface area contributed by atoms with Crippen molar-refractivity contribution in [1.82, 2.24) is 0 Å². The summed E-state index contributed by atoms with van der Waals surface area (Å²) in [5, 5.41) is 0.182. The fourth-order valence-electron chi connectivity index (χ4n) is 0.892. The molecule has 0 heterocycles. The summed E-state index contributed by atoms with van der Waals surface area (Å²) >= 11 is 5.50. The van der Waals surface area contributed by atoms with Gasteiger partial charge in [-0.1, -0.05) is 11.6 Å². The van der Waals surface area contributed by atoms with E-state index in [0.717, 1.165) is 12.1 Å². The van der Waals surface area contributed by atoms with E-state index in [9.17, 15) is 8.78 Å². The number of nitrogens with two attached hydrogens (primary N) is 1. The molecule has 0 amide bonds. The molecule has 0 fully saturated rings. The quantitative estimate of drug-likeness (QED) is 0.764. The van der Waals surface area contributed by atoms with Gasteiger partial charge in [0, 0.05) is 11.6 Å². The lowest BCUT2D eigenvalue weighted by Crippen LogP contribution is -2.07. The lowest BCUT2D eigenvalue weighted by molar-refractivity contribution is 0.351. The lowest BCUT2D eigenvalue weighted by atomic mass is 10.1. The molecular weight excluding hydrogens is 184 g/mol. The Morgan fingerprint density at radius 3 is 2.58 bits per heavy atom. The predicted octanol–water partition coefficient (Wildman–Crippen LogP) is 2.45. The molecule has 0 saturated heterocycles. The molecule has 4 heteroatoms. The van der Waals surface area contributed by atoms with Crippen molar-refractivity contribution in [3.63, 3.8) is 0 Å². The smallest absolute Gasteiger partial charge is 0.137 e. The van der Waals surface area contributed by atoms with Crippen LogP contribution in [0.25, 0.3) is 0 Å². The third-order valence-corrected chi connectivity index (χ3v) is 1.67. The van der Waals surface area contributed by atoms with Crippen molar-refractivity contribution in [2.24, 2.45) is 5.73 Å². The van der Waals surface area contributed by atoms with Crippen LogP contribution < -0.4 is 5.73 Å². The topological polar surface area (TPSA) is 26.0 Å². The maximum absolute atomic E-state index is 12.9. The van der Waals surface area contributed by atoms with Crippen LogP contribution in [0, 0.1) is 5.82 Å². The first-order valence-corrected chi connectivity index (χ1v) is 3.81. The van der Waals surface area contributed by atoms with Gasteiger partial charge in [-0.3, -0.25) is 0 Å². The normalized spacial score (nSPS) is 13.0. The van der Waals surface area contributed by atoms with E-state index in [1.54, 1.807) is 0 Å². The van der Waals surface area contributed by atoms with Crippen LogP contribution in [0.3, 0.4) is 0 Å². The van der Waals surface area contributed by atoms with Gasteiger partial charge in [0.25, 0.3) is 0 Å². The second kappa shape index (κ2) is 3.83. The van der Waals surface area contributed by atoms with Crippen molar-refractivity contribution in [2.45, 2.75) is 6.17 Å². The fraction of sp³-hybridized carbons (Fsp3) is 0.250. The maximum Gasteiger partial charge on any atom is 0.137 e. The molecule has 1 rings (SSSR count). The number of benzene rings is 1. The van der Waals surface area contributed by atoms with E-state index in [2.05, 4.69) is 0 Å². The second-order valence-corrected chi connectivity index (χ2v) is 2.84. The zero-order valence-corrected chi connectivity index (χ0v) is 6.98. The van der Waals surface area contributed by atoms with E-state index in [1.165, 1.54) is 6.07 Å². The minimum absolute atomic E-state index is 0.167. The molecule has 66 valence electrons. The molecule has 1 nitrogen and oxygen atoms in total. The number of alkyl halides is 1. The SMILES string of the molecule is NCC(F)c1cc(F)cc(Cl)c1. The van der Waals surface area contributed by atoms with E-state index in [1.807, 2.05) is 0 Å².